The van der Waals surface area contributed by atoms with E-state index in [1.807, 2.05) is 25.1 Å². The minimum absolute atomic E-state index is 0.0530. The lowest BCUT2D eigenvalue weighted by atomic mass is 10.0. The minimum Gasteiger partial charge on any atom is -0.352 e. The van der Waals surface area contributed by atoms with E-state index in [-0.39, 0.29) is 5.91 Å². The number of nitrogens with zero attached hydrogens (tertiary/aromatic N) is 2. The van der Waals surface area contributed by atoms with E-state index in [0.717, 1.165) is 48.0 Å². The second-order valence-corrected chi connectivity index (χ2v) is 6.21. The number of fused-ring (bicyclic) bond motifs is 2. The van der Waals surface area contributed by atoms with Crippen molar-refractivity contribution < 1.29 is 9.32 Å². The van der Waals surface area contributed by atoms with Crippen LogP contribution < -0.4 is 5.32 Å². The van der Waals surface area contributed by atoms with Crippen LogP contribution in [0.2, 0.25) is 0 Å². The summed E-state index contributed by atoms with van der Waals surface area (Å²) in [5.41, 5.74) is 5.16. The summed E-state index contributed by atoms with van der Waals surface area (Å²) in [6.07, 6.45) is 3.64. The van der Waals surface area contributed by atoms with Gasteiger partial charge in [-0.1, -0.05) is 35.5 Å². The summed E-state index contributed by atoms with van der Waals surface area (Å²) < 4.78 is 5.30. The number of hydrogen-bond acceptors (Lipinski definition) is 4. The Morgan fingerprint density at radius 2 is 2.08 bits per heavy atom. The first-order chi connectivity index (χ1) is 11.7. The molecule has 0 radical (unpaired) electrons. The van der Waals surface area contributed by atoms with Gasteiger partial charge in [0.05, 0.1) is 16.6 Å². The van der Waals surface area contributed by atoms with E-state index in [1.165, 1.54) is 5.56 Å². The molecule has 2 aromatic heterocycles. The van der Waals surface area contributed by atoms with Crippen molar-refractivity contribution in [3.05, 3.63) is 58.4 Å². The molecule has 3 aromatic rings. The second-order valence-electron chi connectivity index (χ2n) is 6.21. The Hall–Kier alpha value is -2.69. The molecule has 24 heavy (non-hydrogen) atoms. The molecule has 122 valence electrons. The number of aryl methyl sites for hydroxylation is 2. The maximum Gasteiger partial charge on any atom is 0.259 e. The molecule has 1 amide bonds. The van der Waals surface area contributed by atoms with E-state index in [0.29, 0.717) is 17.8 Å². The predicted octanol–water partition coefficient (Wildman–Crippen LogP) is 2.99. The number of amides is 1. The van der Waals surface area contributed by atoms with Gasteiger partial charge in [-0.05, 0) is 43.7 Å². The van der Waals surface area contributed by atoms with Crippen LogP contribution in [-0.4, -0.2) is 22.6 Å². The maximum absolute atomic E-state index is 12.9. The Kier molecular flexibility index (Phi) is 3.76. The van der Waals surface area contributed by atoms with Crippen molar-refractivity contribution in [1.29, 1.82) is 0 Å². The number of hydrogen-bond donors (Lipinski definition) is 1. The summed E-state index contributed by atoms with van der Waals surface area (Å²) in [6, 6.07) is 10.2. The minimum atomic E-state index is -0.0530. The fraction of sp³-hybridized carbons (Fsp3) is 0.316. The summed E-state index contributed by atoms with van der Waals surface area (Å²) in [4.78, 5) is 17.4. The largest absolute Gasteiger partial charge is 0.352 e. The standard InChI is InChI=1S/C19H19N3O2/c1-12-16-17(14-8-5-9-15(14)21-19(16)24-22-12)18(23)20-11-10-13-6-3-2-4-7-13/h2-4,6-7H,5,8-11H2,1H3,(H,20,23). The van der Waals surface area contributed by atoms with Crippen molar-refractivity contribution in [3.8, 4) is 0 Å². The molecule has 0 fully saturated rings. The molecule has 1 aliphatic carbocycles. The van der Waals surface area contributed by atoms with E-state index >= 15 is 0 Å². The van der Waals surface area contributed by atoms with Gasteiger partial charge in [0, 0.05) is 12.2 Å². The Balaban J connectivity index is 1.61. The first-order valence-corrected chi connectivity index (χ1v) is 8.34. The molecule has 0 aliphatic heterocycles. The summed E-state index contributed by atoms with van der Waals surface area (Å²) >= 11 is 0. The molecular formula is C19H19N3O2. The lowest BCUT2D eigenvalue weighted by molar-refractivity contribution is 0.0954. The van der Waals surface area contributed by atoms with Gasteiger partial charge < -0.3 is 9.84 Å². The Morgan fingerprint density at radius 1 is 1.25 bits per heavy atom. The molecular weight excluding hydrogens is 302 g/mol. The quantitative estimate of drug-likeness (QED) is 0.802. The molecule has 1 aliphatic rings. The molecule has 0 bridgehead atoms. The van der Waals surface area contributed by atoms with Crippen LogP contribution in [0.15, 0.2) is 34.9 Å². The second kappa shape index (κ2) is 6.07. The molecule has 4 rings (SSSR count). The van der Waals surface area contributed by atoms with Crippen molar-refractivity contribution >= 4 is 17.0 Å². The molecule has 0 unspecified atom stereocenters. The smallest absolute Gasteiger partial charge is 0.259 e. The number of rotatable bonds is 4. The number of nitrogens with one attached hydrogen (secondary N) is 1. The van der Waals surface area contributed by atoms with E-state index < -0.39 is 0 Å². The SMILES string of the molecule is Cc1noc2nc3c(c(C(=O)NCCc4ccccc4)c12)CCC3. The maximum atomic E-state index is 12.9. The monoisotopic (exact) mass is 321 g/mol. The fourth-order valence-corrected chi connectivity index (χ4v) is 3.42. The fourth-order valence-electron chi connectivity index (χ4n) is 3.42. The van der Waals surface area contributed by atoms with E-state index in [1.54, 1.807) is 0 Å². The van der Waals surface area contributed by atoms with Crippen molar-refractivity contribution in [1.82, 2.24) is 15.5 Å². The third-order valence-electron chi connectivity index (χ3n) is 4.59. The van der Waals surface area contributed by atoms with E-state index in [9.17, 15) is 4.79 Å². The average Bonchev–Trinajstić information content (AvgIpc) is 3.20. The zero-order valence-electron chi connectivity index (χ0n) is 13.6. The van der Waals surface area contributed by atoms with Gasteiger partial charge in [0.15, 0.2) is 0 Å². The molecule has 1 aromatic carbocycles. The topological polar surface area (TPSA) is 68.0 Å². The van der Waals surface area contributed by atoms with Crippen LogP contribution in [0.5, 0.6) is 0 Å². The molecule has 0 saturated heterocycles. The van der Waals surface area contributed by atoms with Gasteiger partial charge in [-0.3, -0.25) is 4.79 Å². The summed E-state index contributed by atoms with van der Waals surface area (Å²) in [6.45, 7) is 2.46. The third kappa shape index (κ3) is 2.56. The van der Waals surface area contributed by atoms with Crippen molar-refractivity contribution in [2.45, 2.75) is 32.6 Å². The molecule has 0 spiro atoms. The molecule has 0 atom stereocenters. The average molecular weight is 321 g/mol. The predicted molar refractivity (Wildman–Crippen MR) is 91.0 cm³/mol. The molecule has 1 N–H and O–H groups in total. The first kappa shape index (κ1) is 14.9. The van der Waals surface area contributed by atoms with Gasteiger partial charge in [-0.25, -0.2) is 4.98 Å². The zero-order chi connectivity index (χ0) is 16.5. The van der Waals surface area contributed by atoms with Crippen LogP contribution in [0.1, 0.15) is 39.3 Å². The van der Waals surface area contributed by atoms with Crippen LogP contribution in [0.4, 0.5) is 0 Å². The van der Waals surface area contributed by atoms with Crippen LogP contribution >= 0.6 is 0 Å². The van der Waals surface area contributed by atoms with Crippen molar-refractivity contribution in [2.75, 3.05) is 6.54 Å². The number of aromatic nitrogens is 2. The zero-order valence-corrected chi connectivity index (χ0v) is 13.6. The van der Waals surface area contributed by atoms with Crippen LogP contribution in [0.25, 0.3) is 11.1 Å². The van der Waals surface area contributed by atoms with Gasteiger partial charge in [0.1, 0.15) is 0 Å². The summed E-state index contributed by atoms with van der Waals surface area (Å²) in [5.74, 6) is -0.0530. The Labute approximate surface area is 140 Å². The molecule has 2 heterocycles. The highest BCUT2D eigenvalue weighted by Crippen LogP contribution is 2.31. The number of carbonyl (C=O) groups excluding carboxylic acids is 1. The molecule has 0 saturated carbocycles. The molecule has 5 heteroatoms. The van der Waals surface area contributed by atoms with Crippen LogP contribution in [0, 0.1) is 6.92 Å². The normalized spacial score (nSPS) is 13.2. The van der Waals surface area contributed by atoms with Gasteiger partial charge in [0.2, 0.25) is 0 Å². The lowest BCUT2D eigenvalue weighted by Gasteiger charge is -2.10. The highest BCUT2D eigenvalue weighted by Gasteiger charge is 2.26. The Bertz CT molecular complexity index is 900. The number of pyridine rings is 1. The van der Waals surface area contributed by atoms with Crippen LogP contribution in [-0.2, 0) is 19.3 Å². The Morgan fingerprint density at radius 3 is 2.92 bits per heavy atom. The summed E-state index contributed by atoms with van der Waals surface area (Å²) in [7, 11) is 0. The highest BCUT2D eigenvalue weighted by molar-refractivity contribution is 6.07. The molecule has 5 nitrogen and oxygen atoms in total. The van der Waals surface area contributed by atoms with Crippen molar-refractivity contribution in [2.24, 2.45) is 0 Å². The van der Waals surface area contributed by atoms with Gasteiger partial charge in [0.25, 0.3) is 11.6 Å². The van der Waals surface area contributed by atoms with Gasteiger partial charge >= 0.3 is 0 Å². The third-order valence-corrected chi connectivity index (χ3v) is 4.59. The summed E-state index contributed by atoms with van der Waals surface area (Å²) in [5, 5.41) is 7.80. The number of carbonyl (C=O) groups is 1. The highest BCUT2D eigenvalue weighted by atomic mass is 16.5. The van der Waals surface area contributed by atoms with Crippen molar-refractivity contribution in [3.63, 3.8) is 0 Å². The lowest BCUT2D eigenvalue weighted by Crippen LogP contribution is -2.27. The number of benzene rings is 1. The van der Waals surface area contributed by atoms with Gasteiger partial charge in [-0.15, -0.1) is 0 Å². The van der Waals surface area contributed by atoms with Crippen LogP contribution in [0.3, 0.4) is 0 Å². The van der Waals surface area contributed by atoms with Gasteiger partial charge in [-0.2, -0.15) is 0 Å². The van der Waals surface area contributed by atoms with E-state index in [4.69, 9.17) is 4.52 Å². The first-order valence-electron chi connectivity index (χ1n) is 8.34. The van der Waals surface area contributed by atoms with E-state index in [2.05, 4.69) is 27.6 Å².